The van der Waals surface area contributed by atoms with Crippen molar-refractivity contribution >= 4 is 27.3 Å². The highest BCUT2D eigenvalue weighted by atomic mass is 32.1. The zero-order chi connectivity index (χ0) is 17.1. The molecule has 1 atom stereocenters. The first-order valence-electron chi connectivity index (χ1n) is 8.49. The number of benzene rings is 1. The van der Waals surface area contributed by atoms with Crippen molar-refractivity contribution in [2.75, 3.05) is 6.61 Å². The molecule has 0 radical (unpaired) electrons. The number of aromatic nitrogens is 2. The monoisotopic (exact) mass is 353 g/mol. The number of ether oxygens (including phenoxy) is 1. The van der Waals surface area contributed by atoms with Gasteiger partial charge in [-0.05, 0) is 36.8 Å². The maximum absolute atomic E-state index is 12.3. The fourth-order valence-electron chi connectivity index (χ4n) is 2.93. The van der Waals surface area contributed by atoms with Crippen molar-refractivity contribution in [3.8, 4) is 0 Å². The molecule has 1 amide bonds. The molecular weight excluding hydrogens is 334 g/mol. The van der Waals surface area contributed by atoms with E-state index in [0.29, 0.717) is 11.4 Å². The normalized spacial score (nSPS) is 17.5. The van der Waals surface area contributed by atoms with Crippen molar-refractivity contribution in [1.29, 1.82) is 0 Å². The molecule has 5 nitrogen and oxygen atoms in total. The summed E-state index contributed by atoms with van der Waals surface area (Å²) in [6, 6.07) is 9.93. The van der Waals surface area contributed by atoms with Gasteiger partial charge in [0, 0.05) is 35.8 Å². The molecule has 128 valence electrons. The van der Waals surface area contributed by atoms with E-state index in [1.807, 2.05) is 30.3 Å². The van der Waals surface area contributed by atoms with Gasteiger partial charge in [-0.15, -0.1) is 11.3 Å². The van der Waals surface area contributed by atoms with Gasteiger partial charge in [-0.2, -0.15) is 0 Å². The van der Waals surface area contributed by atoms with E-state index < -0.39 is 0 Å². The highest BCUT2D eigenvalue weighted by Crippen LogP contribution is 2.26. The van der Waals surface area contributed by atoms with Gasteiger partial charge in [-0.1, -0.05) is 18.2 Å². The molecule has 3 heterocycles. The highest BCUT2D eigenvalue weighted by molar-refractivity contribution is 7.20. The van der Waals surface area contributed by atoms with E-state index in [1.165, 1.54) is 11.3 Å². The lowest BCUT2D eigenvalue weighted by Gasteiger charge is -2.21. The van der Waals surface area contributed by atoms with Crippen LogP contribution >= 0.6 is 11.3 Å². The molecule has 1 aliphatic heterocycles. The third-order valence-corrected chi connectivity index (χ3v) is 5.41. The van der Waals surface area contributed by atoms with E-state index in [9.17, 15) is 4.79 Å². The van der Waals surface area contributed by atoms with Crippen LogP contribution in [0.15, 0.2) is 42.7 Å². The number of amides is 1. The van der Waals surface area contributed by atoms with Gasteiger partial charge in [-0.3, -0.25) is 4.79 Å². The molecule has 2 aromatic heterocycles. The second kappa shape index (κ2) is 7.29. The second-order valence-electron chi connectivity index (χ2n) is 6.14. The number of thiophene rings is 1. The third kappa shape index (κ3) is 3.70. The van der Waals surface area contributed by atoms with Crippen LogP contribution in [-0.4, -0.2) is 22.5 Å². The van der Waals surface area contributed by atoms with Crippen LogP contribution in [0, 0.1) is 0 Å². The molecule has 25 heavy (non-hydrogen) atoms. The number of hydrogen-bond acceptors (Lipinski definition) is 5. The Hall–Kier alpha value is -2.31. The van der Waals surface area contributed by atoms with Crippen molar-refractivity contribution in [2.45, 2.75) is 31.9 Å². The fraction of sp³-hybridized carbons (Fsp3) is 0.316. The van der Waals surface area contributed by atoms with Crippen LogP contribution in [0.5, 0.6) is 0 Å². The van der Waals surface area contributed by atoms with Gasteiger partial charge in [0.1, 0.15) is 6.10 Å². The van der Waals surface area contributed by atoms with Gasteiger partial charge >= 0.3 is 0 Å². The average molecular weight is 353 g/mol. The van der Waals surface area contributed by atoms with Crippen molar-refractivity contribution in [3.05, 3.63) is 59.0 Å². The summed E-state index contributed by atoms with van der Waals surface area (Å²) >= 11 is 1.50. The summed E-state index contributed by atoms with van der Waals surface area (Å²) in [5.74, 6) is 0.667. The first-order chi connectivity index (χ1) is 12.3. The Morgan fingerprint density at radius 1 is 1.24 bits per heavy atom. The Balaban J connectivity index is 1.38. The lowest BCUT2D eigenvalue weighted by molar-refractivity contribution is 0.00940. The minimum absolute atomic E-state index is 0.0101. The predicted molar refractivity (Wildman–Crippen MR) is 97.6 cm³/mol. The van der Waals surface area contributed by atoms with Crippen LogP contribution in [0.3, 0.4) is 0 Å². The first-order valence-corrected chi connectivity index (χ1v) is 9.30. The lowest BCUT2D eigenvalue weighted by Crippen LogP contribution is -2.22. The van der Waals surface area contributed by atoms with E-state index in [2.05, 4.69) is 15.3 Å². The zero-order valence-corrected chi connectivity index (χ0v) is 14.6. The molecular formula is C19H19N3O2S. The van der Waals surface area contributed by atoms with Gasteiger partial charge in [0.15, 0.2) is 5.82 Å². The molecule has 1 aliphatic rings. The van der Waals surface area contributed by atoms with E-state index in [-0.39, 0.29) is 12.0 Å². The lowest BCUT2D eigenvalue weighted by atomic mass is 10.1. The number of carbonyl (C=O) groups excluding carboxylic acids is 1. The van der Waals surface area contributed by atoms with E-state index in [4.69, 9.17) is 4.74 Å². The third-order valence-electron chi connectivity index (χ3n) is 4.30. The smallest absolute Gasteiger partial charge is 0.261 e. The van der Waals surface area contributed by atoms with E-state index in [0.717, 1.165) is 47.3 Å². The summed E-state index contributed by atoms with van der Waals surface area (Å²) in [5, 5.41) is 4.03. The van der Waals surface area contributed by atoms with Crippen LogP contribution in [0.25, 0.3) is 10.1 Å². The summed E-state index contributed by atoms with van der Waals surface area (Å²) in [4.78, 5) is 21.9. The Labute approximate surface area is 150 Å². The Morgan fingerprint density at radius 3 is 2.84 bits per heavy atom. The number of carbonyl (C=O) groups is 1. The predicted octanol–water partition coefficient (Wildman–Crippen LogP) is 3.86. The van der Waals surface area contributed by atoms with Crippen LogP contribution in [0.1, 0.15) is 46.4 Å². The van der Waals surface area contributed by atoms with Gasteiger partial charge < -0.3 is 10.1 Å². The van der Waals surface area contributed by atoms with Crippen LogP contribution in [0.4, 0.5) is 0 Å². The van der Waals surface area contributed by atoms with Gasteiger partial charge in [-0.25, -0.2) is 9.97 Å². The molecule has 1 fully saturated rings. The molecule has 0 saturated carbocycles. The first kappa shape index (κ1) is 16.2. The average Bonchev–Trinajstić information content (AvgIpc) is 3.11. The molecule has 1 unspecified atom stereocenters. The quantitative estimate of drug-likeness (QED) is 0.773. The number of rotatable bonds is 4. The zero-order valence-electron chi connectivity index (χ0n) is 13.8. The number of nitrogens with zero attached hydrogens (tertiary/aromatic N) is 2. The number of nitrogens with one attached hydrogen (secondary N) is 1. The Bertz CT molecular complexity index is 837. The van der Waals surface area contributed by atoms with Gasteiger partial charge in [0.25, 0.3) is 5.91 Å². The van der Waals surface area contributed by atoms with Crippen LogP contribution < -0.4 is 5.32 Å². The molecule has 1 saturated heterocycles. The standard InChI is InChI=1S/C19H19N3O2S/c23-19(17-9-14-5-1-2-7-16(14)25-17)22-12-13-10-20-18(21-11-13)15-6-3-4-8-24-15/h1-2,5,7,9-11,15H,3-4,6,8,12H2,(H,22,23). The highest BCUT2D eigenvalue weighted by Gasteiger charge is 2.18. The minimum Gasteiger partial charge on any atom is -0.370 e. The van der Waals surface area contributed by atoms with Gasteiger partial charge in [0.05, 0.1) is 4.88 Å². The summed E-state index contributed by atoms with van der Waals surface area (Å²) in [6.45, 7) is 1.19. The number of hydrogen-bond donors (Lipinski definition) is 1. The summed E-state index contributed by atoms with van der Waals surface area (Å²) < 4.78 is 6.81. The van der Waals surface area contributed by atoms with E-state index >= 15 is 0 Å². The molecule has 0 bridgehead atoms. The summed E-state index contributed by atoms with van der Waals surface area (Å²) in [5.41, 5.74) is 0.883. The van der Waals surface area contributed by atoms with Crippen molar-refractivity contribution in [1.82, 2.24) is 15.3 Å². The van der Waals surface area contributed by atoms with Gasteiger partial charge in [0.2, 0.25) is 0 Å². The minimum atomic E-state index is -0.0686. The molecule has 6 heteroatoms. The Morgan fingerprint density at radius 2 is 2.08 bits per heavy atom. The molecule has 0 spiro atoms. The maximum Gasteiger partial charge on any atom is 0.261 e. The largest absolute Gasteiger partial charge is 0.370 e. The van der Waals surface area contributed by atoms with Crippen LogP contribution in [0.2, 0.25) is 0 Å². The van der Waals surface area contributed by atoms with Crippen molar-refractivity contribution < 1.29 is 9.53 Å². The summed E-state index contributed by atoms with van der Waals surface area (Å²) in [6.07, 6.45) is 6.79. The van der Waals surface area contributed by atoms with E-state index in [1.54, 1.807) is 12.4 Å². The molecule has 3 aromatic rings. The molecule has 0 aliphatic carbocycles. The SMILES string of the molecule is O=C(NCc1cnc(C2CCCCO2)nc1)c1cc2ccccc2s1. The molecule has 4 rings (SSSR count). The van der Waals surface area contributed by atoms with Crippen LogP contribution in [-0.2, 0) is 11.3 Å². The second-order valence-corrected chi connectivity index (χ2v) is 7.22. The Kier molecular flexibility index (Phi) is 4.72. The van der Waals surface area contributed by atoms with Crippen molar-refractivity contribution in [3.63, 3.8) is 0 Å². The molecule has 1 N–H and O–H groups in total. The molecule has 1 aromatic carbocycles. The maximum atomic E-state index is 12.3. The topological polar surface area (TPSA) is 64.1 Å². The number of fused-ring (bicyclic) bond motifs is 1. The summed E-state index contributed by atoms with van der Waals surface area (Å²) in [7, 11) is 0. The fourth-order valence-corrected chi connectivity index (χ4v) is 3.91. The van der Waals surface area contributed by atoms with Crippen molar-refractivity contribution in [2.24, 2.45) is 0 Å².